The van der Waals surface area contributed by atoms with E-state index in [1.54, 1.807) is 91.7 Å². The molecular weight excluding hydrogens is 1010 g/mol. The van der Waals surface area contributed by atoms with E-state index in [0.29, 0.717) is 0 Å². The van der Waals surface area contributed by atoms with Crippen LogP contribution >= 0.6 is 0 Å². The predicted molar refractivity (Wildman–Crippen MR) is 205 cm³/mol. The fraction of sp³-hybridized carbons (Fsp3) is 1.00. The van der Waals surface area contributed by atoms with Crippen LogP contribution in [0.2, 0.25) is 97.3 Å². The highest BCUT2D eigenvalue weighted by Gasteiger charge is 2.84. The van der Waals surface area contributed by atoms with Crippen LogP contribution in [0.4, 0.5) is 0 Å². The molecule has 0 unspecified atom stereocenters. The largest absolute Gasteiger partial charge is 0.483 e. The third-order valence-electron chi connectivity index (χ3n) is 9.15. The smallest absolute Gasteiger partial charge is 0.374 e. The predicted octanol–water partition coefficient (Wildman–Crippen LogP) is 0.900. The molecule has 0 atom stereocenters. The molecule has 0 spiro atoms. The van der Waals surface area contributed by atoms with E-state index in [-0.39, 0.29) is 5.67 Å². The van der Waals surface area contributed by atoms with Crippen molar-refractivity contribution in [3.63, 3.8) is 0 Å². The summed E-state index contributed by atoms with van der Waals surface area (Å²) < 4.78 is 165. The van der Waals surface area contributed by atoms with Gasteiger partial charge in [0.15, 0.2) is 0 Å². The summed E-state index contributed by atoms with van der Waals surface area (Å²) in [5, 5.41) is 0. The first kappa shape index (κ1) is 41.5. The van der Waals surface area contributed by atoms with Crippen molar-refractivity contribution in [2.45, 2.75) is 97.3 Å². The van der Waals surface area contributed by atoms with Crippen LogP contribution in [0.25, 0.3) is 0 Å². The van der Waals surface area contributed by atoms with Crippen LogP contribution in [0.5, 0.6) is 0 Å². The summed E-state index contributed by atoms with van der Waals surface area (Å²) in [6.07, 6.45) is 0. The van der Waals surface area contributed by atoms with Gasteiger partial charge in [-0.05, 0) is 0 Å². The summed E-state index contributed by atoms with van der Waals surface area (Å²) in [6.45, 7) is 23.6. The van der Waals surface area contributed by atoms with E-state index in [0.717, 1.165) is 0 Å². The van der Waals surface area contributed by atoms with Crippen molar-refractivity contribution >= 4 is 141 Å². The zero-order valence-electron chi connectivity index (χ0n) is 32.5. The van der Waals surface area contributed by atoms with Crippen LogP contribution in [0.15, 0.2) is 0 Å². The second kappa shape index (κ2) is 11.4. The summed E-state index contributed by atoms with van der Waals surface area (Å²) in [5.41, 5.74) is -0.368. The molecule has 12 heterocycles. The van der Waals surface area contributed by atoms with E-state index < -0.39 is 141 Å². The van der Waals surface area contributed by atoms with Crippen LogP contribution in [-0.4, -0.2) is 141 Å². The van der Waals surface area contributed by atoms with E-state index in [2.05, 4.69) is 0 Å². The third kappa shape index (κ3) is 7.22. The van der Waals surface area contributed by atoms with Gasteiger partial charge in [-0.25, -0.2) is 0 Å². The van der Waals surface area contributed by atoms with Gasteiger partial charge in [-0.1, -0.05) is 0 Å². The Morgan fingerprint density at radius 3 is 0.364 bits per heavy atom. The zero-order chi connectivity index (χ0) is 39.7. The molecule has 0 N–H and O–H groups in total. The van der Waals surface area contributed by atoms with Crippen LogP contribution in [0, 0.1) is 0 Å². The number of rotatable bonds is 2. The topological polar surface area (TPSA) is 222 Å². The lowest BCUT2D eigenvalue weighted by Gasteiger charge is -2.62. The van der Waals surface area contributed by atoms with Crippen LogP contribution < -0.4 is 0 Å². The first-order valence-electron chi connectivity index (χ1n) is 17.5. The molecule has 0 aromatic rings. The van der Waals surface area contributed by atoms with Crippen molar-refractivity contribution in [1.82, 2.24) is 0 Å². The Bertz CT molecular complexity index is 1390. The zero-order valence-corrected chi connectivity index (χ0v) is 48.5. The van der Waals surface area contributed by atoms with Gasteiger partial charge in [-0.3, -0.25) is 0 Å². The molecule has 12 aliphatic rings. The van der Waals surface area contributed by atoms with Crippen molar-refractivity contribution in [3.8, 4) is 0 Å². The van der Waals surface area contributed by atoms with E-state index in [4.69, 9.17) is 98.8 Å². The Morgan fingerprint density at radius 2 is 0.255 bits per heavy atom. The lowest BCUT2D eigenvalue weighted by molar-refractivity contribution is -0.0206. The van der Waals surface area contributed by atoms with Crippen molar-refractivity contribution in [2.75, 3.05) is 0 Å². The molecule has 312 valence electrons. The minimum Gasteiger partial charge on any atom is -0.374 e. The molecule has 55 heavy (non-hydrogen) atoms. The highest BCUT2D eigenvalue weighted by molar-refractivity contribution is 7.07. The monoisotopic (exact) mass is 1060 g/mol. The van der Waals surface area contributed by atoms with Gasteiger partial charge in [-0.2, -0.15) is 0 Å². The molecule has 0 amide bonds. The Morgan fingerprint density at radius 1 is 0.164 bits per heavy atom. The fourth-order valence-corrected chi connectivity index (χ4v) is 105. The van der Waals surface area contributed by atoms with Gasteiger partial charge in [0.25, 0.3) is 0 Å². The van der Waals surface area contributed by atoms with E-state index >= 15 is 0 Å². The van der Waals surface area contributed by atoms with Gasteiger partial charge in [0.05, 0.1) is 5.67 Å². The standard InChI is InChI=1S/C15H44O24Si16/c1-40-16-42(3)22-48(9)24-43(4,17-40)26-50(11)27-44(5,18-40)25-49(10,23-42)35-54(34-48,36-50)15-55-37-51(12)28-45(6)19-41(2)20-46(7,30-51)32-53(14,39-55)33-47(8,21-41)31-52(13,29-45)38-55/h15H2,1-14H3. The molecule has 16 bridgehead atoms. The Labute approximate surface area is 335 Å². The summed E-state index contributed by atoms with van der Waals surface area (Å²) >= 11 is 0. The average molecular weight is 1060 g/mol. The Kier molecular flexibility index (Phi) is 8.62. The number of hydrogen-bond donors (Lipinski definition) is 0. The number of hydrogen-bond acceptors (Lipinski definition) is 24. The summed E-state index contributed by atoms with van der Waals surface area (Å²) in [6, 6.07) is 0. The molecule has 0 aliphatic carbocycles. The van der Waals surface area contributed by atoms with Gasteiger partial charge < -0.3 is 98.8 Å². The van der Waals surface area contributed by atoms with Crippen molar-refractivity contribution < 1.29 is 98.8 Å². The van der Waals surface area contributed by atoms with Crippen molar-refractivity contribution in [2.24, 2.45) is 0 Å². The molecule has 0 saturated carbocycles. The average Bonchev–Trinajstić information content (AvgIpc) is 2.74. The van der Waals surface area contributed by atoms with Crippen LogP contribution in [0.3, 0.4) is 0 Å². The minimum atomic E-state index is -4.58. The van der Waals surface area contributed by atoms with Crippen LogP contribution in [-0.2, 0) is 98.8 Å². The normalized spacial score (nSPS) is 67.3. The fourth-order valence-electron chi connectivity index (χ4n) is 9.24. The maximum absolute atomic E-state index is 7.18. The third-order valence-corrected chi connectivity index (χ3v) is 82.4. The molecule has 12 rings (SSSR count). The SMILES string of the molecule is C[Si]12O[Si]3(C)O[Si]4(C)O[Si](C)(O1)O[Si]1(C)O[Si](C)(O2)O[Si](C)(O3)O[Si](C[Si]23O[Si]5(C)O[Si]6(C)O[Si]7(C)O[Si](C)(O5)O[Si](C)(O[Si](C)(O7)O[Si](C)(O6)O2)O3)(O4)O1. The summed E-state index contributed by atoms with van der Waals surface area (Å²) in [4.78, 5) is 0. The molecule has 12 fully saturated rings. The molecular formula is C15H44O24Si16. The molecule has 0 aromatic carbocycles. The van der Waals surface area contributed by atoms with Gasteiger partial charge in [-0.15, -0.1) is 0 Å². The molecule has 12 aliphatic heterocycles. The first-order valence-corrected chi connectivity index (χ1v) is 52.5. The highest BCUT2D eigenvalue weighted by atomic mass is 28.7. The van der Waals surface area contributed by atoms with Crippen LogP contribution in [0.1, 0.15) is 0 Å². The van der Waals surface area contributed by atoms with Gasteiger partial charge in [0.1, 0.15) is 0 Å². The van der Waals surface area contributed by atoms with Gasteiger partial charge in [0, 0.05) is 91.7 Å². The maximum Gasteiger partial charge on any atom is 0.483 e. The van der Waals surface area contributed by atoms with Crippen molar-refractivity contribution in [3.05, 3.63) is 0 Å². The van der Waals surface area contributed by atoms with E-state index in [1.807, 2.05) is 0 Å². The highest BCUT2D eigenvalue weighted by Crippen LogP contribution is 2.53. The second-order valence-electron chi connectivity index (χ2n) is 16.1. The lowest BCUT2D eigenvalue weighted by Crippen LogP contribution is -2.88. The van der Waals surface area contributed by atoms with E-state index in [1.165, 1.54) is 0 Å². The lowest BCUT2D eigenvalue weighted by atomic mass is 11.9. The van der Waals surface area contributed by atoms with Crippen molar-refractivity contribution in [1.29, 1.82) is 0 Å². The van der Waals surface area contributed by atoms with Gasteiger partial charge in [0.2, 0.25) is 0 Å². The second-order valence-corrected chi connectivity index (χ2v) is 64.0. The Hall–Kier alpha value is 2.51. The van der Waals surface area contributed by atoms with E-state index in [9.17, 15) is 0 Å². The Balaban J connectivity index is 1.17. The first-order chi connectivity index (χ1) is 24.7. The summed E-state index contributed by atoms with van der Waals surface area (Å²) in [7, 11) is -63.7. The molecule has 40 heteroatoms. The molecule has 24 nitrogen and oxygen atoms in total. The summed E-state index contributed by atoms with van der Waals surface area (Å²) in [5.74, 6) is 0. The molecule has 12 saturated heterocycles. The quantitative estimate of drug-likeness (QED) is 0.351. The minimum absolute atomic E-state index is 0.368. The molecule has 0 aromatic heterocycles. The molecule has 0 radical (unpaired) electrons. The van der Waals surface area contributed by atoms with Gasteiger partial charge >= 0.3 is 141 Å². The maximum atomic E-state index is 7.18.